The average Bonchev–Trinajstić information content (AvgIpc) is 2.01. The summed E-state index contributed by atoms with van der Waals surface area (Å²) >= 11 is 0. The molecule has 0 fully saturated rings. The first-order valence-corrected chi connectivity index (χ1v) is 4.67. The van der Waals surface area contributed by atoms with Crippen molar-refractivity contribution in [3.05, 3.63) is 30.6 Å². The highest BCUT2D eigenvalue weighted by Crippen LogP contribution is 2.18. The lowest BCUT2D eigenvalue weighted by atomic mass is 10.5. The van der Waals surface area contributed by atoms with E-state index < -0.39 is 16.7 Å². The first kappa shape index (κ1) is 10.9. The van der Waals surface area contributed by atoms with Crippen LogP contribution >= 0.6 is 0 Å². The number of pyridine rings is 1. The third-order valence-corrected chi connectivity index (χ3v) is 2.31. The molecule has 8 heteroatoms. The summed E-state index contributed by atoms with van der Waals surface area (Å²) in [6.45, 7) is 0. The lowest BCUT2D eigenvalue weighted by Crippen LogP contribution is -2.45. The first-order chi connectivity index (χ1) is 6.31. The topological polar surface area (TPSA) is 47.3 Å². The van der Waals surface area contributed by atoms with E-state index in [1.807, 2.05) is 0 Å². The summed E-state index contributed by atoms with van der Waals surface area (Å²) in [7, 11) is -4.83. The van der Waals surface area contributed by atoms with Gasteiger partial charge >= 0.3 is 16.7 Å². The number of alkyl halides is 3. The Hall–Kier alpha value is -1.15. The summed E-state index contributed by atoms with van der Waals surface area (Å²) < 4.78 is 59.9. The van der Waals surface area contributed by atoms with Crippen molar-refractivity contribution in [1.82, 2.24) is 0 Å². The van der Waals surface area contributed by atoms with Crippen molar-refractivity contribution < 1.29 is 29.7 Å². The monoisotopic (exact) mass is 228 g/mol. The van der Waals surface area contributed by atoms with E-state index in [-0.39, 0.29) is 0 Å². The summed E-state index contributed by atoms with van der Waals surface area (Å²) in [5.74, 6) is 0. The smallest absolute Gasteiger partial charge is 0.143 e. The van der Waals surface area contributed by atoms with Crippen LogP contribution in [0.15, 0.2) is 30.6 Å². The summed E-state index contributed by atoms with van der Waals surface area (Å²) in [6.07, 6.45) is -3.36. The molecule has 0 radical (unpaired) electrons. The quantitative estimate of drug-likeness (QED) is 0.696. The van der Waals surface area contributed by atoms with Crippen LogP contribution in [0.25, 0.3) is 0 Å². The fourth-order valence-corrected chi connectivity index (χ4v) is 1.46. The van der Waals surface area contributed by atoms with E-state index in [2.05, 4.69) is 4.18 Å². The molecule has 0 spiro atoms. The molecule has 1 aromatic heterocycles. The van der Waals surface area contributed by atoms with Crippen LogP contribution in [0.1, 0.15) is 0 Å². The molecule has 1 rings (SSSR count). The van der Waals surface area contributed by atoms with Crippen LogP contribution in [0.2, 0.25) is 0 Å². The van der Waals surface area contributed by atoms with Gasteiger partial charge in [-0.15, -0.1) is 25.8 Å². The van der Waals surface area contributed by atoms with Gasteiger partial charge in [0.15, 0.2) is 12.4 Å². The van der Waals surface area contributed by atoms with Gasteiger partial charge in [0, 0.05) is 12.1 Å². The minimum atomic E-state index is -5.22. The van der Waals surface area contributed by atoms with Gasteiger partial charge in [0.2, 0.25) is 0 Å². The van der Waals surface area contributed by atoms with Crippen LogP contribution in [0, 0.1) is 0 Å². The van der Waals surface area contributed by atoms with E-state index in [0.29, 0.717) is 3.97 Å². The molecule has 0 N–H and O–H groups in total. The van der Waals surface area contributed by atoms with Crippen molar-refractivity contribution >= 4 is 10.3 Å². The Morgan fingerprint density at radius 3 is 2.00 bits per heavy atom. The second-order valence-corrected chi connectivity index (χ2v) is 3.64. The van der Waals surface area contributed by atoms with Gasteiger partial charge in [0.25, 0.3) is 0 Å². The van der Waals surface area contributed by atoms with Crippen molar-refractivity contribution in [2.75, 3.05) is 0 Å². The summed E-state index contributed by atoms with van der Waals surface area (Å²) in [4.78, 5) is 0. The fraction of sp³-hybridized carbons (Fsp3) is 0.167. The van der Waals surface area contributed by atoms with Crippen LogP contribution in [0.3, 0.4) is 0 Å². The van der Waals surface area contributed by atoms with E-state index >= 15 is 0 Å². The van der Waals surface area contributed by atoms with E-state index in [0.717, 1.165) is 12.4 Å². The summed E-state index contributed by atoms with van der Waals surface area (Å²) in [6, 6.07) is 3.98. The maximum atomic E-state index is 11.6. The van der Waals surface area contributed by atoms with Crippen molar-refractivity contribution in [2.45, 2.75) is 6.36 Å². The minimum Gasteiger partial charge on any atom is -0.143 e. The van der Waals surface area contributed by atoms with Crippen molar-refractivity contribution in [2.24, 2.45) is 0 Å². The standard InChI is InChI=1S/C6H5F3NO3S/c7-6(8,9)13-14(11,12)10-4-2-1-3-5-10/h1-5H/q+1. The average molecular weight is 228 g/mol. The number of rotatable bonds is 2. The molecule has 0 unspecified atom stereocenters. The Morgan fingerprint density at radius 1 is 1.07 bits per heavy atom. The normalized spacial score (nSPS) is 12.8. The zero-order chi connectivity index (χ0) is 10.8. The van der Waals surface area contributed by atoms with Crippen molar-refractivity contribution in [3.63, 3.8) is 0 Å². The molecule has 14 heavy (non-hydrogen) atoms. The zero-order valence-corrected chi connectivity index (χ0v) is 7.42. The molecule has 78 valence electrons. The molecule has 0 saturated heterocycles. The van der Waals surface area contributed by atoms with E-state index in [1.54, 1.807) is 0 Å². The lowest BCUT2D eigenvalue weighted by Gasteiger charge is -2.02. The second kappa shape index (κ2) is 3.54. The number of aromatic nitrogens is 1. The Labute approximate surface area is 77.8 Å². The predicted molar refractivity (Wildman–Crippen MR) is 38.1 cm³/mol. The van der Waals surface area contributed by atoms with Crippen LogP contribution in [0.5, 0.6) is 0 Å². The van der Waals surface area contributed by atoms with Crippen LogP contribution in [-0.4, -0.2) is 14.8 Å². The van der Waals surface area contributed by atoms with E-state index in [1.165, 1.54) is 18.2 Å². The SMILES string of the molecule is O=S(=O)(OC(F)(F)F)[n+]1ccccc1. The number of hydrogen-bond donors (Lipinski definition) is 0. The molecular weight excluding hydrogens is 223 g/mol. The van der Waals surface area contributed by atoms with Gasteiger partial charge in [-0.2, -0.15) is 0 Å². The number of nitrogens with zero attached hydrogens (tertiary/aromatic N) is 1. The summed E-state index contributed by atoms with van der Waals surface area (Å²) in [5, 5.41) is 0. The van der Waals surface area contributed by atoms with E-state index in [9.17, 15) is 21.6 Å². The molecule has 0 aromatic carbocycles. The largest absolute Gasteiger partial charge is 0.541 e. The number of halogens is 3. The van der Waals surface area contributed by atoms with Gasteiger partial charge in [-0.25, -0.2) is 0 Å². The Kier molecular flexibility index (Phi) is 2.76. The highest BCUT2D eigenvalue weighted by molar-refractivity contribution is 7.80. The second-order valence-electron chi connectivity index (χ2n) is 2.19. The highest BCUT2D eigenvalue weighted by atomic mass is 32.2. The molecule has 1 heterocycles. The predicted octanol–water partition coefficient (Wildman–Crippen LogP) is 0.603. The lowest BCUT2D eigenvalue weighted by molar-refractivity contribution is -0.526. The zero-order valence-electron chi connectivity index (χ0n) is 6.60. The van der Waals surface area contributed by atoms with Crippen LogP contribution in [0.4, 0.5) is 13.2 Å². The molecule has 0 aliphatic carbocycles. The van der Waals surface area contributed by atoms with Crippen molar-refractivity contribution in [3.8, 4) is 0 Å². The highest BCUT2D eigenvalue weighted by Gasteiger charge is 2.41. The number of hydrogen-bond acceptors (Lipinski definition) is 3. The summed E-state index contributed by atoms with van der Waals surface area (Å²) in [5.41, 5.74) is 0. The Balaban J connectivity index is 2.99. The maximum Gasteiger partial charge on any atom is 0.541 e. The van der Waals surface area contributed by atoms with Gasteiger partial charge < -0.3 is 0 Å². The van der Waals surface area contributed by atoms with Gasteiger partial charge in [0.05, 0.1) is 0 Å². The molecule has 0 saturated carbocycles. The molecule has 0 aliphatic rings. The molecule has 0 aliphatic heterocycles. The maximum absolute atomic E-state index is 11.6. The van der Waals surface area contributed by atoms with E-state index in [4.69, 9.17) is 0 Å². The Morgan fingerprint density at radius 2 is 1.57 bits per heavy atom. The molecule has 0 atom stereocenters. The van der Waals surface area contributed by atoms with Gasteiger partial charge in [-0.05, 0) is 0 Å². The van der Waals surface area contributed by atoms with Crippen LogP contribution in [-0.2, 0) is 14.5 Å². The molecule has 1 aromatic rings. The molecular formula is C6H5F3NO3S+. The molecule has 0 bridgehead atoms. The van der Waals surface area contributed by atoms with Gasteiger partial charge in [-0.1, -0.05) is 10.0 Å². The third kappa shape index (κ3) is 2.96. The van der Waals surface area contributed by atoms with Crippen LogP contribution < -0.4 is 3.97 Å². The first-order valence-electron chi connectivity index (χ1n) is 3.30. The Bertz CT molecular complexity index is 400. The third-order valence-electron chi connectivity index (χ3n) is 1.15. The van der Waals surface area contributed by atoms with Gasteiger partial charge in [0.1, 0.15) is 0 Å². The fourth-order valence-electron chi connectivity index (χ4n) is 0.694. The molecule has 4 nitrogen and oxygen atoms in total. The van der Waals surface area contributed by atoms with Gasteiger partial charge in [-0.3, -0.25) is 0 Å². The van der Waals surface area contributed by atoms with Crippen molar-refractivity contribution in [1.29, 1.82) is 0 Å². The minimum absolute atomic E-state index is 0.320. The molecule has 0 amide bonds.